The molecule has 1 unspecified atom stereocenters. The normalized spacial score (nSPS) is 18.2. The molecule has 0 amide bonds. The second-order valence-corrected chi connectivity index (χ2v) is 6.67. The Morgan fingerprint density at radius 2 is 2.21 bits per heavy atom. The Hall–Kier alpha value is -0.730. The van der Waals surface area contributed by atoms with Crippen LogP contribution in [-0.4, -0.2) is 25.1 Å². The lowest BCUT2D eigenvalue weighted by atomic mass is 9.90. The van der Waals surface area contributed by atoms with E-state index in [0.717, 1.165) is 37.6 Å². The number of alkyl halides is 1. The highest BCUT2D eigenvalue weighted by atomic mass is 35.5. The maximum Gasteiger partial charge on any atom is 0.123 e. The smallest absolute Gasteiger partial charge is 0.123 e. The van der Waals surface area contributed by atoms with Crippen LogP contribution < -0.4 is 10.1 Å². The van der Waals surface area contributed by atoms with Gasteiger partial charge in [0.2, 0.25) is 0 Å². The third-order valence-electron chi connectivity index (χ3n) is 3.70. The van der Waals surface area contributed by atoms with E-state index in [1.165, 1.54) is 11.1 Å². The van der Waals surface area contributed by atoms with Gasteiger partial charge < -0.3 is 10.1 Å². The van der Waals surface area contributed by atoms with E-state index in [1.807, 2.05) is 0 Å². The number of rotatable bonds is 6. The molecule has 2 nitrogen and oxygen atoms in total. The van der Waals surface area contributed by atoms with Crippen LogP contribution in [0, 0.1) is 12.3 Å². The van der Waals surface area contributed by atoms with E-state index in [4.69, 9.17) is 16.3 Å². The number of fused-ring (bicyclic) bond motifs is 1. The van der Waals surface area contributed by atoms with Crippen LogP contribution in [0.5, 0.6) is 5.75 Å². The van der Waals surface area contributed by atoms with E-state index >= 15 is 0 Å². The van der Waals surface area contributed by atoms with Gasteiger partial charge >= 0.3 is 0 Å². The van der Waals surface area contributed by atoms with Crippen LogP contribution in [0.25, 0.3) is 0 Å². The average Bonchev–Trinajstić information content (AvgIpc) is 2.70. The molecule has 0 aliphatic carbocycles. The molecule has 1 heterocycles. The van der Waals surface area contributed by atoms with E-state index in [1.54, 1.807) is 0 Å². The van der Waals surface area contributed by atoms with Crippen LogP contribution in [0.1, 0.15) is 31.4 Å². The summed E-state index contributed by atoms with van der Waals surface area (Å²) in [5, 5.41) is 3.52. The molecule has 1 aliphatic rings. The molecule has 0 spiro atoms. The number of hydrogen-bond donors (Lipinski definition) is 1. The molecule has 0 saturated carbocycles. The number of hydrogen-bond acceptors (Lipinski definition) is 2. The van der Waals surface area contributed by atoms with Gasteiger partial charge in [-0.15, -0.1) is 11.6 Å². The summed E-state index contributed by atoms with van der Waals surface area (Å²) >= 11 is 5.82. The maximum atomic E-state index is 5.95. The highest BCUT2D eigenvalue weighted by Crippen LogP contribution is 2.29. The van der Waals surface area contributed by atoms with Gasteiger partial charge in [-0.25, -0.2) is 0 Å². The van der Waals surface area contributed by atoms with Crippen molar-refractivity contribution in [2.75, 3.05) is 19.0 Å². The van der Waals surface area contributed by atoms with Crippen molar-refractivity contribution in [3.63, 3.8) is 0 Å². The van der Waals surface area contributed by atoms with Gasteiger partial charge in [0.05, 0.1) is 0 Å². The van der Waals surface area contributed by atoms with Crippen LogP contribution in [0.4, 0.5) is 0 Å². The first-order chi connectivity index (χ1) is 9.00. The van der Waals surface area contributed by atoms with Crippen molar-refractivity contribution >= 4 is 11.6 Å². The van der Waals surface area contributed by atoms with Crippen molar-refractivity contribution in [3.05, 3.63) is 29.3 Å². The van der Waals surface area contributed by atoms with Crippen LogP contribution in [0.3, 0.4) is 0 Å². The molecule has 1 aromatic rings. The predicted molar refractivity (Wildman–Crippen MR) is 81.3 cm³/mol. The molecule has 19 heavy (non-hydrogen) atoms. The molecule has 0 bridgehead atoms. The molecule has 0 saturated heterocycles. The molecule has 0 radical (unpaired) electrons. The van der Waals surface area contributed by atoms with Gasteiger partial charge in [-0.05, 0) is 30.4 Å². The van der Waals surface area contributed by atoms with Gasteiger partial charge in [-0.2, -0.15) is 0 Å². The minimum atomic E-state index is 0.254. The summed E-state index contributed by atoms with van der Waals surface area (Å²) in [6, 6.07) is 6.42. The summed E-state index contributed by atoms with van der Waals surface area (Å²) < 4.78 is 5.95. The van der Waals surface area contributed by atoms with Gasteiger partial charge in [-0.1, -0.05) is 31.5 Å². The maximum absolute atomic E-state index is 5.95. The monoisotopic (exact) mass is 281 g/mol. The van der Waals surface area contributed by atoms with E-state index in [0.29, 0.717) is 0 Å². The molecule has 3 heteroatoms. The summed E-state index contributed by atoms with van der Waals surface area (Å²) in [6.45, 7) is 8.50. The Morgan fingerprint density at radius 3 is 2.95 bits per heavy atom. The molecule has 1 aliphatic heterocycles. The minimum absolute atomic E-state index is 0.254. The summed E-state index contributed by atoms with van der Waals surface area (Å²) in [4.78, 5) is 0. The van der Waals surface area contributed by atoms with E-state index in [2.05, 4.69) is 44.3 Å². The molecule has 2 rings (SSSR count). The second kappa shape index (κ2) is 6.15. The van der Waals surface area contributed by atoms with Crippen molar-refractivity contribution in [1.82, 2.24) is 5.32 Å². The summed E-state index contributed by atoms with van der Waals surface area (Å²) in [7, 11) is 0. The van der Waals surface area contributed by atoms with Crippen LogP contribution in [0.15, 0.2) is 18.2 Å². The Bertz CT molecular complexity index is 431. The van der Waals surface area contributed by atoms with Gasteiger partial charge in [-0.3, -0.25) is 0 Å². The number of halogens is 1. The Balaban J connectivity index is 1.78. The summed E-state index contributed by atoms with van der Waals surface area (Å²) in [5.41, 5.74) is 2.90. The van der Waals surface area contributed by atoms with E-state index in [-0.39, 0.29) is 11.5 Å². The van der Waals surface area contributed by atoms with Crippen molar-refractivity contribution in [2.24, 2.45) is 5.41 Å². The fourth-order valence-electron chi connectivity index (χ4n) is 2.48. The molecular formula is C16H24ClNO. The van der Waals surface area contributed by atoms with Crippen molar-refractivity contribution < 1.29 is 4.74 Å². The molecule has 0 aromatic heterocycles. The summed E-state index contributed by atoms with van der Waals surface area (Å²) in [6.07, 6.45) is 2.32. The highest BCUT2D eigenvalue weighted by molar-refractivity contribution is 6.17. The third kappa shape index (κ3) is 4.12. The van der Waals surface area contributed by atoms with Gasteiger partial charge in [0, 0.05) is 25.4 Å². The predicted octanol–water partition coefficient (Wildman–Crippen LogP) is 3.54. The first-order valence-corrected chi connectivity index (χ1v) is 7.56. The van der Waals surface area contributed by atoms with Crippen molar-refractivity contribution in [1.29, 1.82) is 0 Å². The van der Waals surface area contributed by atoms with Crippen molar-refractivity contribution in [2.45, 2.75) is 39.7 Å². The highest BCUT2D eigenvalue weighted by Gasteiger charge is 2.23. The first kappa shape index (κ1) is 14.7. The number of nitrogens with one attached hydrogen (secondary N) is 1. The summed E-state index contributed by atoms with van der Waals surface area (Å²) in [5.74, 6) is 1.77. The van der Waals surface area contributed by atoms with E-state index in [9.17, 15) is 0 Å². The largest absolute Gasteiger partial charge is 0.488 e. The molecule has 1 atom stereocenters. The minimum Gasteiger partial charge on any atom is -0.488 e. The molecule has 0 fully saturated rings. The second-order valence-electron chi connectivity index (χ2n) is 6.29. The zero-order chi connectivity index (χ0) is 13.9. The lowest BCUT2D eigenvalue weighted by molar-refractivity contribution is 0.216. The Kier molecular flexibility index (Phi) is 4.75. The lowest BCUT2D eigenvalue weighted by Crippen LogP contribution is -2.36. The Labute approximate surface area is 121 Å². The van der Waals surface area contributed by atoms with Crippen LogP contribution in [0.2, 0.25) is 0 Å². The lowest BCUT2D eigenvalue weighted by Gasteiger charge is -2.24. The fraction of sp³-hybridized carbons (Fsp3) is 0.625. The average molecular weight is 282 g/mol. The zero-order valence-corrected chi connectivity index (χ0v) is 12.9. The zero-order valence-electron chi connectivity index (χ0n) is 12.1. The van der Waals surface area contributed by atoms with Gasteiger partial charge in [0.25, 0.3) is 0 Å². The quantitative estimate of drug-likeness (QED) is 0.805. The number of ether oxygens (including phenoxy) is 1. The molecule has 1 aromatic carbocycles. The topological polar surface area (TPSA) is 21.3 Å². The molecular weight excluding hydrogens is 258 g/mol. The van der Waals surface area contributed by atoms with E-state index < -0.39 is 0 Å². The third-order valence-corrected chi connectivity index (χ3v) is 3.89. The van der Waals surface area contributed by atoms with Crippen molar-refractivity contribution in [3.8, 4) is 5.75 Å². The van der Waals surface area contributed by atoms with Gasteiger partial charge in [0.1, 0.15) is 11.9 Å². The standard InChI is InChI=1S/C16H24ClNO/c1-12-4-5-15-13(8-12)9-14(19-15)10-18-11-16(2,3)6-7-17/h4-5,8,14,18H,6-7,9-11H2,1-3H3. The fourth-order valence-corrected chi connectivity index (χ4v) is 2.99. The first-order valence-electron chi connectivity index (χ1n) is 7.03. The number of benzene rings is 1. The van der Waals surface area contributed by atoms with Crippen LogP contribution >= 0.6 is 11.6 Å². The SMILES string of the molecule is Cc1ccc2c(c1)CC(CNCC(C)(C)CCCl)O2. The Morgan fingerprint density at radius 1 is 1.42 bits per heavy atom. The van der Waals surface area contributed by atoms with Gasteiger partial charge in [0.15, 0.2) is 0 Å². The number of aryl methyl sites for hydroxylation is 1. The molecule has 106 valence electrons. The van der Waals surface area contributed by atoms with Crippen LogP contribution in [-0.2, 0) is 6.42 Å². The molecule has 1 N–H and O–H groups in total.